The van der Waals surface area contributed by atoms with E-state index in [1.165, 1.54) is 6.92 Å². The van der Waals surface area contributed by atoms with E-state index < -0.39 is 6.29 Å². The van der Waals surface area contributed by atoms with E-state index in [1.54, 1.807) is 0 Å². The van der Waals surface area contributed by atoms with Gasteiger partial charge in [0.15, 0.2) is 6.29 Å². The number of aliphatic hydroxyl groups excluding tert-OH is 2. The molecule has 3 aromatic carbocycles. The van der Waals surface area contributed by atoms with Crippen molar-refractivity contribution in [2.45, 2.75) is 57.5 Å². The first kappa shape index (κ1) is 26.5. The smallest absolute Gasteiger partial charge is 0.217 e. The number of amides is 1. The third-order valence-corrected chi connectivity index (χ3v) is 7.36. The number of carbonyl (C=O) groups is 1. The van der Waals surface area contributed by atoms with Crippen LogP contribution in [0.4, 0.5) is 0 Å². The summed E-state index contributed by atoms with van der Waals surface area (Å²) < 4.78 is 12.9. The second-order valence-corrected chi connectivity index (χ2v) is 10.2. The molecule has 2 heterocycles. The monoisotopic (exact) mass is 516 g/mol. The zero-order chi connectivity index (χ0) is 26.5. The summed E-state index contributed by atoms with van der Waals surface area (Å²) in [6, 6.07) is 24.2. The molecule has 0 aromatic heterocycles. The third-order valence-electron chi connectivity index (χ3n) is 7.36. The van der Waals surface area contributed by atoms with Crippen LogP contribution in [0.5, 0.6) is 0 Å². The summed E-state index contributed by atoms with van der Waals surface area (Å²) in [5.74, 6) is -0.0553. The Hall–Kier alpha value is -3.07. The molecule has 3 aromatic rings. The van der Waals surface area contributed by atoms with E-state index in [0.717, 1.165) is 59.3 Å². The lowest BCUT2D eigenvalue weighted by Crippen LogP contribution is -2.38. The van der Waals surface area contributed by atoms with Gasteiger partial charge in [-0.25, -0.2) is 0 Å². The Morgan fingerprint density at radius 2 is 1.74 bits per heavy atom. The number of ether oxygens (including phenoxy) is 2. The van der Waals surface area contributed by atoms with Crippen molar-refractivity contribution >= 4 is 5.91 Å². The number of carbonyl (C=O) groups excluding carboxylic acids is 1. The first-order valence-electron chi connectivity index (χ1n) is 13.3. The molecular weight excluding hydrogens is 480 g/mol. The molecule has 5 rings (SSSR count). The molecular formula is C31H36N2O5. The molecule has 2 saturated heterocycles. The van der Waals surface area contributed by atoms with Gasteiger partial charge in [-0.3, -0.25) is 9.69 Å². The van der Waals surface area contributed by atoms with Crippen LogP contribution in [0.3, 0.4) is 0 Å². The molecule has 2 aliphatic heterocycles. The van der Waals surface area contributed by atoms with Crippen molar-refractivity contribution in [3.8, 4) is 11.1 Å². The normalized spacial score (nSPS) is 23.9. The number of likely N-dealkylation sites (tertiary alicyclic amines) is 1. The van der Waals surface area contributed by atoms with Crippen LogP contribution in [-0.4, -0.2) is 52.9 Å². The number of nitrogens with one attached hydrogen (secondary N) is 1. The van der Waals surface area contributed by atoms with Crippen LogP contribution in [0.15, 0.2) is 72.8 Å². The number of hydrogen-bond acceptors (Lipinski definition) is 6. The summed E-state index contributed by atoms with van der Waals surface area (Å²) in [5, 5.41) is 22.3. The number of nitrogens with zero attached hydrogens (tertiary/aromatic N) is 1. The Kier molecular flexibility index (Phi) is 8.51. The summed E-state index contributed by atoms with van der Waals surface area (Å²) in [4.78, 5) is 13.7. The highest BCUT2D eigenvalue weighted by atomic mass is 16.7. The van der Waals surface area contributed by atoms with Crippen molar-refractivity contribution in [2.75, 3.05) is 19.6 Å². The van der Waals surface area contributed by atoms with Crippen LogP contribution in [0.25, 0.3) is 11.1 Å². The van der Waals surface area contributed by atoms with Crippen LogP contribution >= 0.6 is 0 Å². The van der Waals surface area contributed by atoms with Crippen LogP contribution in [0.1, 0.15) is 54.4 Å². The van der Waals surface area contributed by atoms with Crippen molar-refractivity contribution in [1.82, 2.24) is 10.2 Å². The van der Waals surface area contributed by atoms with Gasteiger partial charge in [0, 0.05) is 45.1 Å². The largest absolute Gasteiger partial charge is 0.392 e. The molecule has 7 nitrogen and oxygen atoms in total. The molecule has 38 heavy (non-hydrogen) atoms. The highest BCUT2D eigenvalue weighted by Gasteiger charge is 2.34. The van der Waals surface area contributed by atoms with E-state index in [2.05, 4.69) is 28.4 Å². The van der Waals surface area contributed by atoms with Gasteiger partial charge in [0.25, 0.3) is 0 Å². The summed E-state index contributed by atoms with van der Waals surface area (Å²) in [5.41, 5.74) is 6.06. The third kappa shape index (κ3) is 6.49. The fourth-order valence-corrected chi connectivity index (χ4v) is 5.29. The van der Waals surface area contributed by atoms with E-state index in [-0.39, 0.29) is 30.8 Å². The average Bonchev–Trinajstić information content (AvgIpc) is 3.36. The molecule has 3 N–H and O–H groups in total. The lowest BCUT2D eigenvalue weighted by Gasteiger charge is -2.38. The quantitative estimate of drug-likeness (QED) is 0.418. The predicted molar refractivity (Wildman–Crippen MR) is 145 cm³/mol. The van der Waals surface area contributed by atoms with Crippen LogP contribution in [0.2, 0.25) is 0 Å². The van der Waals surface area contributed by atoms with Gasteiger partial charge in [0.2, 0.25) is 5.91 Å². The molecule has 1 amide bonds. The number of aliphatic hydroxyl groups is 2. The first-order chi connectivity index (χ1) is 18.5. The highest BCUT2D eigenvalue weighted by molar-refractivity contribution is 5.74. The number of hydrogen-bond donors (Lipinski definition) is 3. The maximum Gasteiger partial charge on any atom is 0.217 e. The summed E-state index contributed by atoms with van der Waals surface area (Å²) in [6.45, 7) is 4.30. The topological polar surface area (TPSA) is 91.3 Å². The second kappa shape index (κ2) is 12.2. The molecule has 2 fully saturated rings. The average molecular weight is 517 g/mol. The summed E-state index contributed by atoms with van der Waals surface area (Å²) in [6.07, 6.45) is 0.539. The van der Waals surface area contributed by atoms with Gasteiger partial charge < -0.3 is 25.0 Å². The van der Waals surface area contributed by atoms with E-state index in [1.807, 2.05) is 54.6 Å². The predicted octanol–water partition coefficient (Wildman–Crippen LogP) is 4.09. The molecule has 0 bridgehead atoms. The van der Waals surface area contributed by atoms with Gasteiger partial charge in [-0.1, -0.05) is 72.8 Å². The molecule has 7 heteroatoms. The fourth-order valence-electron chi connectivity index (χ4n) is 5.29. The Morgan fingerprint density at radius 3 is 2.42 bits per heavy atom. The Labute approximate surface area is 224 Å². The zero-order valence-corrected chi connectivity index (χ0v) is 21.8. The van der Waals surface area contributed by atoms with E-state index >= 15 is 0 Å². The van der Waals surface area contributed by atoms with Crippen molar-refractivity contribution in [2.24, 2.45) is 0 Å². The molecule has 0 saturated carbocycles. The van der Waals surface area contributed by atoms with Crippen molar-refractivity contribution in [3.63, 3.8) is 0 Å². The van der Waals surface area contributed by atoms with Gasteiger partial charge in [-0.2, -0.15) is 0 Å². The minimum atomic E-state index is -0.521. The zero-order valence-electron chi connectivity index (χ0n) is 21.8. The summed E-state index contributed by atoms with van der Waals surface area (Å²) >= 11 is 0. The lowest BCUT2D eigenvalue weighted by atomic mass is 9.97. The molecule has 4 atom stereocenters. The molecule has 2 aliphatic rings. The standard InChI is InChI=1S/C31H36N2O5/c1-21(35)32-17-26-4-2-3-5-29(26)23-10-12-25(13-11-23)31-37-28(19-33-15-14-27(36)18-33)16-30(38-31)24-8-6-22(20-34)7-9-24/h2-13,27-28,30-31,34,36H,14-20H2,1H3,(H,32,35)/t27-,28-,30+,31+/m0/s1. The molecule has 0 aliphatic carbocycles. The maximum atomic E-state index is 11.4. The van der Waals surface area contributed by atoms with Gasteiger partial charge >= 0.3 is 0 Å². The van der Waals surface area contributed by atoms with Crippen molar-refractivity contribution < 1.29 is 24.5 Å². The summed E-state index contributed by atoms with van der Waals surface area (Å²) in [7, 11) is 0. The van der Waals surface area contributed by atoms with Crippen molar-refractivity contribution in [3.05, 3.63) is 95.1 Å². The number of benzene rings is 3. The first-order valence-corrected chi connectivity index (χ1v) is 13.3. The molecule has 0 radical (unpaired) electrons. The van der Waals surface area contributed by atoms with Crippen LogP contribution < -0.4 is 5.32 Å². The fraction of sp³-hybridized carbons (Fsp3) is 0.387. The molecule has 200 valence electrons. The maximum absolute atomic E-state index is 11.4. The number of rotatable bonds is 8. The van der Waals surface area contributed by atoms with Crippen molar-refractivity contribution in [1.29, 1.82) is 0 Å². The SMILES string of the molecule is CC(=O)NCc1ccccc1-c1ccc([C@@H]2O[C@H](CN3CC[C@H](O)C3)C[C@H](c3ccc(CO)cc3)O2)cc1. The van der Waals surface area contributed by atoms with Gasteiger partial charge in [0.1, 0.15) is 0 Å². The van der Waals surface area contributed by atoms with E-state index in [9.17, 15) is 15.0 Å². The minimum Gasteiger partial charge on any atom is -0.392 e. The highest BCUT2D eigenvalue weighted by Crippen LogP contribution is 2.39. The van der Waals surface area contributed by atoms with E-state index in [4.69, 9.17) is 9.47 Å². The van der Waals surface area contributed by atoms with Gasteiger partial charge in [-0.15, -0.1) is 0 Å². The Bertz CT molecular complexity index is 1210. The van der Waals surface area contributed by atoms with Crippen LogP contribution in [-0.2, 0) is 27.4 Å². The molecule has 0 spiro atoms. The van der Waals surface area contributed by atoms with Gasteiger partial charge in [-0.05, 0) is 34.2 Å². The second-order valence-electron chi connectivity index (χ2n) is 10.2. The van der Waals surface area contributed by atoms with Crippen LogP contribution in [0, 0.1) is 0 Å². The Balaban J connectivity index is 1.36. The minimum absolute atomic E-state index is 0.0116. The molecule has 0 unspecified atom stereocenters. The number of β-amino-alcohol motifs (C(OH)–C–C–N with tert-alkyl or cyclic N) is 1. The lowest BCUT2D eigenvalue weighted by molar-refractivity contribution is -0.252. The van der Waals surface area contributed by atoms with Gasteiger partial charge in [0.05, 0.1) is 24.9 Å². The van der Waals surface area contributed by atoms with E-state index in [0.29, 0.717) is 13.1 Å². The Morgan fingerprint density at radius 1 is 1.00 bits per heavy atom.